The third-order valence-corrected chi connectivity index (χ3v) is 3.20. The molecule has 0 atom stereocenters. The van der Waals surface area contributed by atoms with Gasteiger partial charge in [-0.2, -0.15) is 14.0 Å². The average Bonchev–Trinajstić information content (AvgIpc) is 2.25. The zero-order valence-electron chi connectivity index (χ0n) is 8.85. The molecule has 0 radical (unpaired) electrons. The quantitative estimate of drug-likeness (QED) is 0.795. The fraction of sp³-hybridized carbons (Fsp3) is 0.222. The van der Waals surface area contributed by atoms with Crippen LogP contribution < -0.4 is 9.47 Å². The summed E-state index contributed by atoms with van der Waals surface area (Å²) in [5, 5.41) is 8.80. The molecule has 0 saturated heterocycles. The molecule has 98 valence electrons. The number of hydrogen-bond acceptors (Lipinski definition) is 5. The van der Waals surface area contributed by atoms with Crippen LogP contribution in [0.1, 0.15) is 5.56 Å². The van der Waals surface area contributed by atoms with Crippen LogP contribution in [-0.4, -0.2) is 22.1 Å². The minimum absolute atomic E-state index is 0.227. The maximum absolute atomic E-state index is 12.1. The summed E-state index contributed by atoms with van der Waals surface area (Å²) >= 11 is 0. The predicted octanol–water partition coefficient (Wildman–Crippen LogP) is 2.10. The molecule has 0 aliphatic carbocycles. The molecule has 0 aromatic heterocycles. The van der Waals surface area contributed by atoms with Crippen molar-refractivity contribution in [2.24, 2.45) is 0 Å². The highest BCUT2D eigenvalue weighted by Gasteiger charge is 2.21. The third kappa shape index (κ3) is 3.21. The maximum Gasteiger partial charge on any atom is 0.387 e. The molecule has 0 spiro atoms. The number of methoxy groups -OCH3 is 1. The molecule has 0 unspecified atom stereocenters. The molecule has 1 rings (SSSR count). The molecule has 0 amide bonds. The van der Waals surface area contributed by atoms with Crippen molar-refractivity contribution in [3.8, 4) is 17.6 Å². The Balaban J connectivity index is 3.52. The SMILES string of the molecule is COc1cc(S(=O)(=O)Cl)cc(OC(F)F)c1C#N. The highest BCUT2D eigenvalue weighted by Crippen LogP contribution is 2.33. The Labute approximate surface area is 106 Å². The normalized spacial score (nSPS) is 11.1. The molecule has 0 aliphatic heterocycles. The van der Waals surface area contributed by atoms with Crippen molar-refractivity contribution in [3.63, 3.8) is 0 Å². The summed E-state index contributed by atoms with van der Waals surface area (Å²) in [5.74, 6) is -0.846. The third-order valence-electron chi connectivity index (χ3n) is 1.87. The lowest BCUT2D eigenvalue weighted by Gasteiger charge is -2.11. The van der Waals surface area contributed by atoms with Gasteiger partial charge in [-0.3, -0.25) is 0 Å². The van der Waals surface area contributed by atoms with Crippen LogP contribution in [0.15, 0.2) is 17.0 Å². The summed E-state index contributed by atoms with van der Waals surface area (Å²) < 4.78 is 55.3. The number of rotatable bonds is 4. The number of nitrogens with zero attached hydrogens (tertiary/aromatic N) is 1. The van der Waals surface area contributed by atoms with E-state index in [9.17, 15) is 17.2 Å². The zero-order valence-corrected chi connectivity index (χ0v) is 10.4. The first-order chi connectivity index (χ1) is 8.29. The monoisotopic (exact) mass is 297 g/mol. The van der Waals surface area contributed by atoms with Gasteiger partial charge >= 0.3 is 6.61 Å². The van der Waals surface area contributed by atoms with E-state index in [2.05, 4.69) is 4.74 Å². The molecular formula is C9H6ClF2NO4S. The Bertz CT molecular complexity index is 597. The molecule has 0 heterocycles. The Kier molecular flexibility index (Phi) is 4.32. The molecule has 1 aromatic carbocycles. The largest absolute Gasteiger partial charge is 0.495 e. The van der Waals surface area contributed by atoms with Crippen LogP contribution in [-0.2, 0) is 9.05 Å². The Hall–Kier alpha value is -1.59. The number of halogens is 3. The van der Waals surface area contributed by atoms with Crippen molar-refractivity contribution in [2.45, 2.75) is 11.5 Å². The van der Waals surface area contributed by atoms with Crippen LogP contribution in [0.4, 0.5) is 8.78 Å². The van der Waals surface area contributed by atoms with Crippen molar-refractivity contribution in [1.29, 1.82) is 5.26 Å². The van der Waals surface area contributed by atoms with Gasteiger partial charge in [-0.15, -0.1) is 0 Å². The first-order valence-corrected chi connectivity index (χ1v) is 6.62. The Morgan fingerprint density at radius 1 is 1.39 bits per heavy atom. The summed E-state index contributed by atoms with van der Waals surface area (Å²) in [6.45, 7) is -3.21. The van der Waals surface area contributed by atoms with E-state index in [1.54, 1.807) is 6.07 Å². The fourth-order valence-electron chi connectivity index (χ4n) is 1.17. The van der Waals surface area contributed by atoms with Gasteiger partial charge in [0, 0.05) is 22.8 Å². The smallest absolute Gasteiger partial charge is 0.387 e. The van der Waals surface area contributed by atoms with E-state index < -0.39 is 26.3 Å². The molecule has 18 heavy (non-hydrogen) atoms. The van der Waals surface area contributed by atoms with Gasteiger partial charge in [-0.05, 0) is 0 Å². The molecule has 1 aromatic rings. The van der Waals surface area contributed by atoms with Gasteiger partial charge in [0.1, 0.15) is 23.1 Å². The Morgan fingerprint density at radius 2 is 1.94 bits per heavy atom. The van der Waals surface area contributed by atoms with E-state index in [4.69, 9.17) is 20.7 Å². The highest BCUT2D eigenvalue weighted by atomic mass is 35.7. The molecule has 0 fully saturated rings. The second-order valence-corrected chi connectivity index (χ2v) is 5.49. The number of nitriles is 1. The van der Waals surface area contributed by atoms with E-state index >= 15 is 0 Å². The van der Waals surface area contributed by atoms with Crippen LogP contribution in [0.2, 0.25) is 0 Å². The number of ether oxygens (including phenoxy) is 2. The lowest BCUT2D eigenvalue weighted by atomic mass is 10.2. The summed E-state index contributed by atoms with van der Waals surface area (Å²) in [5.41, 5.74) is -0.345. The second-order valence-electron chi connectivity index (χ2n) is 2.93. The summed E-state index contributed by atoms with van der Waals surface area (Å²) in [4.78, 5) is -0.504. The van der Waals surface area contributed by atoms with E-state index in [1.807, 2.05) is 0 Å². The van der Waals surface area contributed by atoms with Crippen LogP contribution in [0.25, 0.3) is 0 Å². The molecule has 5 nitrogen and oxygen atoms in total. The predicted molar refractivity (Wildman–Crippen MR) is 57.4 cm³/mol. The first kappa shape index (κ1) is 14.5. The van der Waals surface area contributed by atoms with Gasteiger partial charge in [0.05, 0.1) is 12.0 Å². The molecule has 0 saturated carbocycles. The fourth-order valence-corrected chi connectivity index (χ4v) is 1.93. The van der Waals surface area contributed by atoms with Gasteiger partial charge in [-0.1, -0.05) is 0 Å². The van der Waals surface area contributed by atoms with Crippen LogP contribution in [0, 0.1) is 11.3 Å². The standard InChI is InChI=1S/C9H6ClF2NO4S/c1-16-7-2-5(18(10,14)15)3-8(6(7)4-13)17-9(11)12/h2-3,9H,1H3. The van der Waals surface area contributed by atoms with Crippen molar-refractivity contribution in [2.75, 3.05) is 7.11 Å². The number of alkyl halides is 2. The molecule has 0 aliphatic rings. The van der Waals surface area contributed by atoms with Crippen molar-refractivity contribution in [3.05, 3.63) is 17.7 Å². The second kappa shape index (κ2) is 5.37. The van der Waals surface area contributed by atoms with E-state index in [0.29, 0.717) is 0 Å². The lowest BCUT2D eigenvalue weighted by molar-refractivity contribution is -0.0502. The molecule has 9 heteroatoms. The summed E-state index contributed by atoms with van der Waals surface area (Å²) in [6, 6.07) is 3.25. The van der Waals surface area contributed by atoms with Gasteiger partial charge in [0.25, 0.3) is 9.05 Å². The van der Waals surface area contributed by atoms with Crippen molar-refractivity contribution < 1.29 is 26.7 Å². The van der Waals surface area contributed by atoms with Crippen molar-refractivity contribution >= 4 is 19.7 Å². The minimum Gasteiger partial charge on any atom is -0.495 e. The lowest BCUT2D eigenvalue weighted by Crippen LogP contribution is -2.06. The Morgan fingerprint density at radius 3 is 2.33 bits per heavy atom. The summed E-state index contributed by atoms with van der Waals surface area (Å²) in [7, 11) is 2.07. The van der Waals surface area contributed by atoms with Crippen LogP contribution >= 0.6 is 10.7 Å². The highest BCUT2D eigenvalue weighted by molar-refractivity contribution is 8.13. The van der Waals surface area contributed by atoms with Gasteiger partial charge in [-0.25, -0.2) is 8.42 Å². The van der Waals surface area contributed by atoms with Gasteiger partial charge < -0.3 is 9.47 Å². The van der Waals surface area contributed by atoms with Gasteiger partial charge in [0.2, 0.25) is 0 Å². The number of benzene rings is 1. The maximum atomic E-state index is 12.1. The molecule has 0 bridgehead atoms. The minimum atomic E-state index is -4.16. The zero-order chi connectivity index (χ0) is 13.9. The molecule has 0 N–H and O–H groups in total. The first-order valence-electron chi connectivity index (χ1n) is 4.31. The van der Waals surface area contributed by atoms with Crippen molar-refractivity contribution in [1.82, 2.24) is 0 Å². The molecular weight excluding hydrogens is 292 g/mol. The average molecular weight is 298 g/mol. The van der Waals surface area contributed by atoms with Crippen LogP contribution in [0.5, 0.6) is 11.5 Å². The summed E-state index contributed by atoms with van der Waals surface area (Å²) in [6.07, 6.45) is 0. The van der Waals surface area contributed by atoms with E-state index in [0.717, 1.165) is 19.2 Å². The topological polar surface area (TPSA) is 76.4 Å². The van der Waals surface area contributed by atoms with E-state index in [1.165, 1.54) is 0 Å². The van der Waals surface area contributed by atoms with Gasteiger partial charge in [0.15, 0.2) is 0 Å². The number of hydrogen-bond donors (Lipinski definition) is 0. The van der Waals surface area contributed by atoms with E-state index in [-0.39, 0.29) is 11.3 Å². The van der Waals surface area contributed by atoms with Crippen LogP contribution in [0.3, 0.4) is 0 Å².